The second-order valence-electron chi connectivity index (χ2n) is 7.76. The topological polar surface area (TPSA) is 98.6 Å². The van der Waals surface area contributed by atoms with Gasteiger partial charge in [-0.3, -0.25) is 9.78 Å². The maximum absolute atomic E-state index is 13.6. The molecule has 2 aromatic heterocycles. The molecule has 0 spiro atoms. The highest BCUT2D eigenvalue weighted by atomic mass is 32.2. The zero-order chi connectivity index (χ0) is 24.3. The van der Waals surface area contributed by atoms with Crippen molar-refractivity contribution in [3.8, 4) is 0 Å². The lowest BCUT2D eigenvalue weighted by Crippen LogP contribution is -2.36. The molecule has 0 fully saturated rings. The van der Waals surface area contributed by atoms with E-state index in [1.165, 1.54) is 17.5 Å². The molecule has 0 saturated heterocycles. The number of para-hydroxylation sites is 1. The number of Topliss-reactive ketones (excluding diaryl/α,β-unsaturated/α-hetero) is 1. The first-order valence-electron chi connectivity index (χ1n) is 10.8. The molecule has 0 saturated carbocycles. The number of carbonyl (C=O) groups excluding carboxylic acids is 2. The smallest absolute Gasteiger partial charge is 0.354 e. The van der Waals surface area contributed by atoms with Gasteiger partial charge in [-0.05, 0) is 44.9 Å². The second-order valence-corrected chi connectivity index (χ2v) is 9.67. The summed E-state index contributed by atoms with van der Waals surface area (Å²) in [4.78, 5) is 30.1. The summed E-state index contributed by atoms with van der Waals surface area (Å²) in [5, 5.41) is 0.704. The Morgan fingerprint density at radius 1 is 1.12 bits per heavy atom. The van der Waals surface area contributed by atoms with Gasteiger partial charge in [0.05, 0.1) is 19.2 Å². The molecule has 176 valence electrons. The van der Waals surface area contributed by atoms with Gasteiger partial charge >= 0.3 is 5.97 Å². The summed E-state index contributed by atoms with van der Waals surface area (Å²) in [5.41, 5.74) is 2.13. The van der Waals surface area contributed by atoms with Gasteiger partial charge in [-0.2, -0.15) is 4.31 Å². The van der Waals surface area contributed by atoms with Crippen molar-refractivity contribution in [3.05, 3.63) is 59.0 Å². The molecule has 3 aromatic rings. The molecule has 2 heterocycles. The minimum Gasteiger partial charge on any atom is -0.464 e. The molecule has 1 aromatic carbocycles. The second kappa shape index (κ2) is 9.84. The van der Waals surface area contributed by atoms with Gasteiger partial charge in [0.15, 0.2) is 5.78 Å². The number of pyridine rings is 1. The van der Waals surface area contributed by atoms with E-state index in [1.54, 1.807) is 48.9 Å². The predicted molar refractivity (Wildman–Crippen MR) is 126 cm³/mol. The van der Waals surface area contributed by atoms with E-state index in [4.69, 9.17) is 4.74 Å². The molecule has 0 N–H and O–H groups in total. The highest BCUT2D eigenvalue weighted by Crippen LogP contribution is 2.27. The summed E-state index contributed by atoms with van der Waals surface area (Å²) in [6.45, 7) is 7.48. The number of ether oxygens (including phenoxy) is 1. The highest BCUT2D eigenvalue weighted by molar-refractivity contribution is 7.89. The summed E-state index contributed by atoms with van der Waals surface area (Å²) in [7, 11) is -2.71. The molecule has 33 heavy (non-hydrogen) atoms. The van der Waals surface area contributed by atoms with E-state index in [0.29, 0.717) is 46.4 Å². The van der Waals surface area contributed by atoms with Crippen molar-refractivity contribution < 1.29 is 22.7 Å². The normalized spacial score (nSPS) is 11.8. The number of methoxy groups -OCH3 is 1. The van der Waals surface area contributed by atoms with E-state index in [2.05, 4.69) is 4.98 Å². The number of ketones is 1. The third-order valence-electron chi connectivity index (χ3n) is 5.75. The van der Waals surface area contributed by atoms with E-state index in [-0.39, 0.29) is 23.8 Å². The molecule has 0 aliphatic heterocycles. The maximum Gasteiger partial charge on any atom is 0.354 e. The van der Waals surface area contributed by atoms with E-state index < -0.39 is 16.0 Å². The first-order valence-corrected chi connectivity index (χ1v) is 12.3. The molecule has 0 bridgehead atoms. The van der Waals surface area contributed by atoms with Gasteiger partial charge < -0.3 is 9.30 Å². The zero-order valence-electron chi connectivity index (χ0n) is 19.6. The molecular formula is C24H29N3O5S. The Kier molecular flexibility index (Phi) is 7.34. The van der Waals surface area contributed by atoms with Crippen LogP contribution in [0.15, 0.2) is 41.4 Å². The SMILES string of the molecule is CCCN(CC(=O)c1c(C)c(C(=O)OC)n(CC)c1C)S(=O)(=O)c1cccc2cccnc12. The number of hydrogen-bond donors (Lipinski definition) is 0. The van der Waals surface area contributed by atoms with Crippen molar-refractivity contribution in [2.75, 3.05) is 20.2 Å². The molecule has 0 aliphatic rings. The van der Waals surface area contributed by atoms with Crippen molar-refractivity contribution >= 4 is 32.7 Å². The van der Waals surface area contributed by atoms with Crippen molar-refractivity contribution in [3.63, 3.8) is 0 Å². The Hall–Kier alpha value is -3.04. The van der Waals surface area contributed by atoms with Gasteiger partial charge in [-0.15, -0.1) is 0 Å². The number of nitrogens with zero attached hydrogens (tertiary/aromatic N) is 3. The monoisotopic (exact) mass is 471 g/mol. The van der Waals surface area contributed by atoms with Gasteiger partial charge in [0, 0.05) is 35.9 Å². The molecule has 0 atom stereocenters. The van der Waals surface area contributed by atoms with E-state index in [0.717, 1.165) is 0 Å². The van der Waals surface area contributed by atoms with Crippen LogP contribution in [0.5, 0.6) is 0 Å². The van der Waals surface area contributed by atoms with Crippen LogP contribution in [0.3, 0.4) is 0 Å². The van der Waals surface area contributed by atoms with Crippen molar-refractivity contribution in [2.24, 2.45) is 0 Å². The number of benzene rings is 1. The Bertz CT molecular complexity index is 1310. The minimum atomic E-state index is -4.00. The van der Waals surface area contributed by atoms with Gasteiger partial charge in [-0.25, -0.2) is 13.2 Å². The van der Waals surface area contributed by atoms with Crippen LogP contribution in [0.2, 0.25) is 0 Å². The number of carbonyl (C=O) groups is 2. The third-order valence-corrected chi connectivity index (χ3v) is 7.62. The first kappa shape index (κ1) is 24.6. The number of aromatic nitrogens is 2. The van der Waals surface area contributed by atoms with Crippen LogP contribution < -0.4 is 0 Å². The zero-order valence-corrected chi connectivity index (χ0v) is 20.4. The van der Waals surface area contributed by atoms with Crippen LogP contribution in [0.4, 0.5) is 0 Å². The fourth-order valence-electron chi connectivity index (χ4n) is 4.26. The fraction of sp³-hybridized carbons (Fsp3) is 0.375. The molecule has 9 heteroatoms. The third kappa shape index (κ3) is 4.43. The predicted octanol–water partition coefficient (Wildman–Crippen LogP) is 3.74. The fourth-order valence-corrected chi connectivity index (χ4v) is 5.91. The average molecular weight is 472 g/mol. The molecule has 8 nitrogen and oxygen atoms in total. The first-order chi connectivity index (χ1) is 15.7. The van der Waals surface area contributed by atoms with Crippen LogP contribution >= 0.6 is 0 Å². The summed E-state index contributed by atoms with van der Waals surface area (Å²) >= 11 is 0. The Balaban J connectivity index is 2.05. The number of esters is 1. The number of hydrogen-bond acceptors (Lipinski definition) is 6. The van der Waals surface area contributed by atoms with Crippen molar-refractivity contribution in [1.29, 1.82) is 0 Å². The van der Waals surface area contributed by atoms with Gasteiger partial charge in [0.2, 0.25) is 10.0 Å². The molecule has 0 amide bonds. The Morgan fingerprint density at radius 2 is 1.82 bits per heavy atom. The summed E-state index contributed by atoms with van der Waals surface area (Å²) in [6, 6.07) is 8.52. The summed E-state index contributed by atoms with van der Waals surface area (Å²) in [6.07, 6.45) is 2.08. The Morgan fingerprint density at radius 3 is 2.45 bits per heavy atom. The highest BCUT2D eigenvalue weighted by Gasteiger charge is 2.32. The lowest BCUT2D eigenvalue weighted by atomic mass is 10.1. The Labute approximate surface area is 194 Å². The van der Waals surface area contributed by atoms with E-state index >= 15 is 0 Å². The average Bonchev–Trinajstić information content (AvgIpc) is 3.06. The maximum atomic E-state index is 13.6. The quantitative estimate of drug-likeness (QED) is 0.348. The molecule has 3 rings (SSSR count). The molecule has 0 radical (unpaired) electrons. The standard InChI is InChI=1S/C24H29N3O5S/c1-6-14-26(33(30,31)20-12-8-10-18-11-9-13-25-22(18)20)15-19(28)21-16(3)23(24(29)32-5)27(7-2)17(21)4/h8-13H,6-7,14-15H2,1-5H3. The number of fused-ring (bicyclic) bond motifs is 1. The summed E-state index contributed by atoms with van der Waals surface area (Å²) < 4.78 is 35.0. The van der Waals surface area contributed by atoms with Crippen LogP contribution in [0.1, 0.15) is 52.4 Å². The molecule has 0 unspecified atom stereocenters. The van der Waals surface area contributed by atoms with Crippen LogP contribution in [0, 0.1) is 13.8 Å². The van der Waals surface area contributed by atoms with Crippen molar-refractivity contribution in [2.45, 2.75) is 45.6 Å². The van der Waals surface area contributed by atoms with Gasteiger partial charge in [0.25, 0.3) is 0 Å². The largest absolute Gasteiger partial charge is 0.464 e. The van der Waals surface area contributed by atoms with Crippen LogP contribution in [-0.4, -0.2) is 54.2 Å². The summed E-state index contributed by atoms with van der Waals surface area (Å²) in [5.74, 6) is -0.899. The van der Waals surface area contributed by atoms with E-state index in [9.17, 15) is 18.0 Å². The minimum absolute atomic E-state index is 0.0664. The lowest BCUT2D eigenvalue weighted by molar-refractivity contribution is 0.0587. The van der Waals surface area contributed by atoms with Crippen LogP contribution in [0.25, 0.3) is 10.9 Å². The molecular weight excluding hydrogens is 442 g/mol. The lowest BCUT2D eigenvalue weighted by Gasteiger charge is -2.22. The van der Waals surface area contributed by atoms with Crippen molar-refractivity contribution in [1.82, 2.24) is 13.9 Å². The van der Waals surface area contributed by atoms with Gasteiger partial charge in [0.1, 0.15) is 10.6 Å². The molecule has 0 aliphatic carbocycles. The number of sulfonamides is 1. The van der Waals surface area contributed by atoms with Gasteiger partial charge in [-0.1, -0.05) is 25.1 Å². The van der Waals surface area contributed by atoms with E-state index in [1.807, 2.05) is 13.8 Å². The number of rotatable bonds is 9. The van der Waals surface area contributed by atoms with Crippen LogP contribution in [-0.2, 0) is 21.3 Å².